The SMILES string of the molecule is CC(=O)Nc1nc(C(=O)NCCCCN)cs1.Cl.Cl. The zero-order valence-electron chi connectivity index (χ0n) is 10.5. The van der Waals surface area contributed by atoms with Gasteiger partial charge >= 0.3 is 0 Å². The number of aromatic nitrogens is 1. The standard InChI is InChI=1S/C10H16N4O2S.2ClH/c1-7(15)13-10-14-8(6-17-10)9(16)12-5-3-2-4-11;;/h6H,2-5,11H2,1H3,(H,12,16)(H,13,14,15);2*1H. The Morgan fingerprint density at radius 1 is 1.37 bits per heavy atom. The highest BCUT2D eigenvalue weighted by Gasteiger charge is 2.10. The number of thiazole rings is 1. The molecule has 1 rings (SSSR count). The molecule has 0 aromatic carbocycles. The average Bonchev–Trinajstić information content (AvgIpc) is 2.71. The van der Waals surface area contributed by atoms with Crippen molar-refractivity contribution < 1.29 is 9.59 Å². The monoisotopic (exact) mass is 328 g/mol. The number of halogens is 2. The van der Waals surface area contributed by atoms with E-state index in [1.807, 2.05) is 0 Å². The van der Waals surface area contributed by atoms with Gasteiger partial charge in [-0.25, -0.2) is 4.98 Å². The first-order valence-electron chi connectivity index (χ1n) is 5.35. The molecule has 0 fully saturated rings. The fourth-order valence-electron chi connectivity index (χ4n) is 1.15. The van der Waals surface area contributed by atoms with Crippen LogP contribution in [0.1, 0.15) is 30.3 Å². The minimum atomic E-state index is -0.227. The van der Waals surface area contributed by atoms with Crippen LogP contribution in [0.2, 0.25) is 0 Å². The van der Waals surface area contributed by atoms with Crippen LogP contribution >= 0.6 is 36.2 Å². The van der Waals surface area contributed by atoms with Gasteiger partial charge in [0.2, 0.25) is 5.91 Å². The molecule has 0 saturated carbocycles. The van der Waals surface area contributed by atoms with Crippen LogP contribution in [-0.2, 0) is 4.79 Å². The van der Waals surface area contributed by atoms with Crippen LogP contribution in [0.25, 0.3) is 0 Å². The number of hydrogen-bond donors (Lipinski definition) is 3. The Balaban J connectivity index is 0. The summed E-state index contributed by atoms with van der Waals surface area (Å²) in [5.74, 6) is -0.427. The molecule has 19 heavy (non-hydrogen) atoms. The molecule has 2 amide bonds. The van der Waals surface area contributed by atoms with Crippen molar-refractivity contribution in [3.8, 4) is 0 Å². The second-order valence-electron chi connectivity index (χ2n) is 3.47. The van der Waals surface area contributed by atoms with Crippen molar-refractivity contribution in [3.05, 3.63) is 11.1 Å². The second kappa shape index (κ2) is 11.0. The summed E-state index contributed by atoms with van der Waals surface area (Å²) in [7, 11) is 0. The number of amides is 2. The Kier molecular flexibility index (Phi) is 11.8. The first-order valence-corrected chi connectivity index (χ1v) is 6.23. The Morgan fingerprint density at radius 3 is 2.63 bits per heavy atom. The molecular weight excluding hydrogens is 311 g/mol. The van der Waals surface area contributed by atoms with E-state index in [1.165, 1.54) is 18.3 Å². The molecule has 1 aromatic rings. The molecule has 0 aliphatic rings. The summed E-state index contributed by atoms with van der Waals surface area (Å²) >= 11 is 1.23. The lowest BCUT2D eigenvalue weighted by Gasteiger charge is -2.01. The van der Waals surface area contributed by atoms with Gasteiger partial charge in [-0.1, -0.05) is 0 Å². The maximum Gasteiger partial charge on any atom is 0.270 e. The van der Waals surface area contributed by atoms with Crippen molar-refractivity contribution in [3.63, 3.8) is 0 Å². The molecule has 0 spiro atoms. The maximum absolute atomic E-state index is 11.6. The van der Waals surface area contributed by atoms with Crippen LogP contribution in [0.5, 0.6) is 0 Å². The van der Waals surface area contributed by atoms with Crippen molar-refractivity contribution >= 4 is 53.1 Å². The molecule has 0 saturated heterocycles. The van der Waals surface area contributed by atoms with E-state index in [0.717, 1.165) is 12.8 Å². The highest BCUT2D eigenvalue weighted by molar-refractivity contribution is 7.14. The van der Waals surface area contributed by atoms with Crippen LogP contribution in [0.3, 0.4) is 0 Å². The predicted molar refractivity (Wildman–Crippen MR) is 81.5 cm³/mol. The second-order valence-corrected chi connectivity index (χ2v) is 4.33. The normalized spacial score (nSPS) is 8.95. The number of nitrogens with two attached hydrogens (primary N) is 1. The fraction of sp³-hybridized carbons (Fsp3) is 0.500. The first kappa shape index (κ1) is 20.4. The van der Waals surface area contributed by atoms with Gasteiger partial charge in [0.1, 0.15) is 5.69 Å². The van der Waals surface area contributed by atoms with Gasteiger partial charge in [-0.15, -0.1) is 36.2 Å². The summed E-state index contributed by atoms with van der Waals surface area (Å²) in [6.07, 6.45) is 1.74. The van der Waals surface area contributed by atoms with Gasteiger partial charge in [0, 0.05) is 18.8 Å². The van der Waals surface area contributed by atoms with Gasteiger partial charge in [0.05, 0.1) is 0 Å². The van der Waals surface area contributed by atoms with Crippen molar-refractivity contribution in [2.75, 3.05) is 18.4 Å². The van der Waals surface area contributed by atoms with E-state index in [4.69, 9.17) is 5.73 Å². The number of carbonyl (C=O) groups is 2. The van der Waals surface area contributed by atoms with E-state index in [-0.39, 0.29) is 36.6 Å². The van der Waals surface area contributed by atoms with Gasteiger partial charge in [-0.05, 0) is 19.4 Å². The van der Waals surface area contributed by atoms with Gasteiger partial charge in [0.15, 0.2) is 5.13 Å². The molecular formula is C10H18Cl2N4O2S. The predicted octanol–water partition coefficient (Wildman–Crippen LogP) is 1.41. The van der Waals surface area contributed by atoms with E-state index < -0.39 is 0 Å². The first-order chi connectivity index (χ1) is 8.13. The van der Waals surface area contributed by atoms with Crippen molar-refractivity contribution in [2.45, 2.75) is 19.8 Å². The zero-order chi connectivity index (χ0) is 12.7. The number of hydrogen-bond acceptors (Lipinski definition) is 5. The molecule has 6 nitrogen and oxygen atoms in total. The summed E-state index contributed by atoms with van der Waals surface area (Å²) < 4.78 is 0. The van der Waals surface area contributed by atoms with Crippen LogP contribution in [0.4, 0.5) is 5.13 Å². The number of nitrogens with one attached hydrogen (secondary N) is 2. The molecule has 0 bridgehead atoms. The minimum Gasteiger partial charge on any atom is -0.351 e. The number of carbonyl (C=O) groups excluding carboxylic acids is 2. The van der Waals surface area contributed by atoms with Gasteiger partial charge in [-0.2, -0.15) is 0 Å². The summed E-state index contributed by atoms with van der Waals surface area (Å²) in [5.41, 5.74) is 5.67. The molecule has 4 N–H and O–H groups in total. The van der Waals surface area contributed by atoms with Crippen molar-refractivity contribution in [1.29, 1.82) is 0 Å². The molecule has 0 unspecified atom stereocenters. The molecule has 0 aliphatic heterocycles. The maximum atomic E-state index is 11.6. The van der Waals surface area contributed by atoms with E-state index in [1.54, 1.807) is 5.38 Å². The summed E-state index contributed by atoms with van der Waals surface area (Å²) in [4.78, 5) is 26.4. The third kappa shape index (κ3) is 7.99. The quantitative estimate of drug-likeness (QED) is 0.688. The summed E-state index contributed by atoms with van der Waals surface area (Å²) in [6.45, 7) is 2.61. The van der Waals surface area contributed by atoms with E-state index >= 15 is 0 Å². The van der Waals surface area contributed by atoms with Crippen LogP contribution in [0, 0.1) is 0 Å². The van der Waals surface area contributed by atoms with E-state index in [2.05, 4.69) is 15.6 Å². The molecule has 1 aromatic heterocycles. The smallest absolute Gasteiger partial charge is 0.270 e. The van der Waals surface area contributed by atoms with Crippen molar-refractivity contribution in [2.24, 2.45) is 5.73 Å². The highest BCUT2D eigenvalue weighted by atomic mass is 35.5. The Bertz CT molecular complexity index is 401. The molecule has 0 atom stereocenters. The van der Waals surface area contributed by atoms with Crippen LogP contribution in [0.15, 0.2) is 5.38 Å². The largest absolute Gasteiger partial charge is 0.351 e. The lowest BCUT2D eigenvalue weighted by atomic mass is 10.3. The Hall–Kier alpha value is -0.890. The molecule has 0 aliphatic carbocycles. The van der Waals surface area contributed by atoms with E-state index in [0.29, 0.717) is 23.9 Å². The molecule has 110 valence electrons. The lowest BCUT2D eigenvalue weighted by molar-refractivity contribution is -0.114. The van der Waals surface area contributed by atoms with E-state index in [9.17, 15) is 9.59 Å². The number of rotatable bonds is 6. The molecule has 0 radical (unpaired) electrons. The third-order valence-electron chi connectivity index (χ3n) is 1.94. The van der Waals surface area contributed by atoms with Gasteiger partial charge in [-0.3, -0.25) is 9.59 Å². The summed E-state index contributed by atoms with van der Waals surface area (Å²) in [5, 5.41) is 7.32. The van der Waals surface area contributed by atoms with Gasteiger partial charge in [0.25, 0.3) is 5.91 Å². The van der Waals surface area contributed by atoms with Crippen LogP contribution in [-0.4, -0.2) is 29.9 Å². The Morgan fingerprint density at radius 2 is 2.05 bits per heavy atom. The molecule has 9 heteroatoms. The highest BCUT2D eigenvalue weighted by Crippen LogP contribution is 2.14. The number of nitrogens with zero attached hydrogens (tertiary/aromatic N) is 1. The van der Waals surface area contributed by atoms with Crippen LogP contribution < -0.4 is 16.4 Å². The minimum absolute atomic E-state index is 0. The van der Waals surface area contributed by atoms with Gasteiger partial charge < -0.3 is 16.4 Å². The average molecular weight is 329 g/mol. The number of anilines is 1. The zero-order valence-corrected chi connectivity index (χ0v) is 12.9. The summed E-state index contributed by atoms with van der Waals surface area (Å²) in [6, 6.07) is 0. The van der Waals surface area contributed by atoms with Crippen molar-refractivity contribution in [1.82, 2.24) is 10.3 Å². The fourth-order valence-corrected chi connectivity index (χ4v) is 1.88. The Labute approximate surface area is 128 Å². The molecule has 1 heterocycles. The number of unbranched alkanes of at least 4 members (excludes halogenated alkanes) is 1. The lowest BCUT2D eigenvalue weighted by Crippen LogP contribution is -2.25. The third-order valence-corrected chi connectivity index (χ3v) is 2.69. The topological polar surface area (TPSA) is 97.1 Å².